The number of nitriles is 1. The Bertz CT molecular complexity index is 981. The van der Waals surface area contributed by atoms with Gasteiger partial charge in [-0.25, -0.2) is 0 Å². The van der Waals surface area contributed by atoms with Gasteiger partial charge in [0.1, 0.15) is 11.6 Å². The van der Waals surface area contributed by atoms with E-state index in [0.29, 0.717) is 0 Å². The quantitative estimate of drug-likeness (QED) is 0.367. The minimum Gasteiger partial charge on any atom is -0.320 e. The van der Waals surface area contributed by atoms with E-state index in [2.05, 4.69) is 5.32 Å². The Kier molecular flexibility index (Phi) is 5.62. The van der Waals surface area contributed by atoms with Crippen LogP contribution in [0.5, 0.6) is 0 Å². The fourth-order valence-corrected chi connectivity index (χ4v) is 2.12. The number of hydrogen-bond acceptors (Lipinski definition) is 6. The Balaban J connectivity index is 2.31. The molecule has 0 spiro atoms. The van der Waals surface area contributed by atoms with Crippen molar-refractivity contribution < 1.29 is 14.6 Å². The van der Waals surface area contributed by atoms with Gasteiger partial charge in [-0.15, -0.1) is 0 Å². The number of rotatable bonds is 5. The number of benzene rings is 2. The summed E-state index contributed by atoms with van der Waals surface area (Å²) in [7, 11) is 0. The lowest BCUT2D eigenvalue weighted by atomic mass is 10.1. The summed E-state index contributed by atoms with van der Waals surface area (Å²) in [6.45, 7) is 0. The molecule has 0 saturated heterocycles. The van der Waals surface area contributed by atoms with E-state index in [9.17, 15) is 30.3 Å². The number of anilines is 1. The molecule has 0 aliphatic rings. The van der Waals surface area contributed by atoms with E-state index in [1.165, 1.54) is 36.4 Å². The van der Waals surface area contributed by atoms with Crippen LogP contribution in [0.25, 0.3) is 6.08 Å². The number of non-ortho nitro benzene ring substituents is 2. The van der Waals surface area contributed by atoms with Crippen LogP contribution in [-0.2, 0) is 4.79 Å². The largest absolute Gasteiger partial charge is 0.320 e. The van der Waals surface area contributed by atoms with E-state index in [4.69, 9.17) is 11.6 Å². The molecule has 0 aliphatic carbocycles. The number of halogens is 1. The number of nitrogens with zero attached hydrogens (tertiary/aromatic N) is 3. The zero-order valence-corrected chi connectivity index (χ0v) is 13.6. The Hall–Kier alpha value is -3.77. The minimum atomic E-state index is -0.860. The van der Waals surface area contributed by atoms with Crippen molar-refractivity contribution in [2.45, 2.75) is 0 Å². The van der Waals surface area contributed by atoms with Crippen LogP contribution in [0.1, 0.15) is 5.56 Å². The zero-order valence-electron chi connectivity index (χ0n) is 12.9. The maximum atomic E-state index is 12.2. The van der Waals surface area contributed by atoms with E-state index in [-0.39, 0.29) is 33.2 Å². The summed E-state index contributed by atoms with van der Waals surface area (Å²) < 4.78 is 0. The summed E-state index contributed by atoms with van der Waals surface area (Å²) in [4.78, 5) is 32.6. The fraction of sp³-hybridized carbons (Fsp3) is 0. The SMILES string of the molecule is N#C/C(=C\c1cccc([N+](=O)[O-])c1)C(=O)Nc1cc([N+](=O)[O-])ccc1Cl. The summed E-state index contributed by atoms with van der Waals surface area (Å²) in [5, 5.41) is 33.1. The predicted octanol–water partition coefficient (Wildman–Crippen LogP) is 3.70. The number of carbonyl (C=O) groups is 1. The number of nitrogens with one attached hydrogen (secondary N) is 1. The first kappa shape index (κ1) is 18.6. The molecule has 0 fully saturated rings. The lowest BCUT2D eigenvalue weighted by Crippen LogP contribution is -2.14. The number of carbonyl (C=O) groups excluding carboxylic acids is 1. The molecule has 0 aromatic heterocycles. The highest BCUT2D eigenvalue weighted by Crippen LogP contribution is 2.27. The summed E-state index contributed by atoms with van der Waals surface area (Å²) >= 11 is 5.89. The Morgan fingerprint density at radius 1 is 1.12 bits per heavy atom. The van der Waals surface area contributed by atoms with E-state index in [1.807, 2.05) is 0 Å². The van der Waals surface area contributed by atoms with Crippen molar-refractivity contribution in [1.82, 2.24) is 0 Å². The van der Waals surface area contributed by atoms with Gasteiger partial charge >= 0.3 is 0 Å². The Morgan fingerprint density at radius 2 is 1.77 bits per heavy atom. The maximum Gasteiger partial charge on any atom is 0.271 e. The van der Waals surface area contributed by atoms with Gasteiger partial charge in [0.05, 0.1) is 20.6 Å². The van der Waals surface area contributed by atoms with Gasteiger partial charge in [0.25, 0.3) is 17.3 Å². The van der Waals surface area contributed by atoms with Crippen molar-refractivity contribution in [2.24, 2.45) is 0 Å². The molecular weight excluding hydrogens is 364 g/mol. The van der Waals surface area contributed by atoms with Crippen LogP contribution in [0.4, 0.5) is 17.1 Å². The van der Waals surface area contributed by atoms with Gasteiger partial charge in [-0.1, -0.05) is 23.7 Å². The van der Waals surface area contributed by atoms with E-state index in [0.717, 1.165) is 12.1 Å². The first-order valence-corrected chi connectivity index (χ1v) is 7.31. The normalized spacial score (nSPS) is 10.7. The minimum absolute atomic E-state index is 0.0361. The van der Waals surface area contributed by atoms with E-state index < -0.39 is 15.8 Å². The Labute approximate surface area is 151 Å². The number of hydrogen-bond donors (Lipinski definition) is 1. The molecule has 0 aliphatic heterocycles. The molecule has 9 nitrogen and oxygen atoms in total. The third-order valence-corrected chi connectivity index (χ3v) is 3.50. The molecular formula is C16H9ClN4O5. The molecule has 2 aromatic carbocycles. The highest BCUT2D eigenvalue weighted by Gasteiger charge is 2.15. The van der Waals surface area contributed by atoms with Gasteiger partial charge in [0.2, 0.25) is 0 Å². The van der Waals surface area contributed by atoms with Crippen molar-refractivity contribution in [3.8, 4) is 6.07 Å². The predicted molar refractivity (Wildman–Crippen MR) is 93.4 cm³/mol. The molecule has 0 unspecified atom stereocenters. The van der Waals surface area contributed by atoms with Gasteiger partial charge in [0, 0.05) is 24.3 Å². The lowest BCUT2D eigenvalue weighted by molar-refractivity contribution is -0.385. The monoisotopic (exact) mass is 372 g/mol. The van der Waals surface area contributed by atoms with E-state index >= 15 is 0 Å². The van der Waals surface area contributed by atoms with Crippen LogP contribution in [0.3, 0.4) is 0 Å². The van der Waals surface area contributed by atoms with Gasteiger partial charge in [-0.05, 0) is 17.7 Å². The van der Waals surface area contributed by atoms with Gasteiger partial charge in [-0.2, -0.15) is 5.26 Å². The first-order valence-electron chi connectivity index (χ1n) is 6.93. The van der Waals surface area contributed by atoms with Crippen LogP contribution in [0, 0.1) is 31.6 Å². The second-order valence-electron chi connectivity index (χ2n) is 4.90. The van der Waals surface area contributed by atoms with Crippen LogP contribution in [0.15, 0.2) is 48.0 Å². The van der Waals surface area contributed by atoms with Crippen LogP contribution in [-0.4, -0.2) is 15.8 Å². The Morgan fingerprint density at radius 3 is 2.38 bits per heavy atom. The van der Waals surface area contributed by atoms with Gasteiger partial charge < -0.3 is 5.32 Å². The topological polar surface area (TPSA) is 139 Å². The zero-order chi connectivity index (χ0) is 19.3. The van der Waals surface area contributed by atoms with Crippen molar-refractivity contribution in [3.05, 3.63) is 78.9 Å². The van der Waals surface area contributed by atoms with Crippen molar-refractivity contribution in [3.63, 3.8) is 0 Å². The van der Waals surface area contributed by atoms with Crippen molar-refractivity contribution in [2.75, 3.05) is 5.32 Å². The molecule has 2 rings (SSSR count). The smallest absolute Gasteiger partial charge is 0.271 e. The van der Waals surface area contributed by atoms with Crippen molar-refractivity contribution in [1.29, 1.82) is 5.26 Å². The van der Waals surface area contributed by atoms with Crippen molar-refractivity contribution >= 4 is 40.6 Å². The third-order valence-electron chi connectivity index (χ3n) is 3.17. The number of nitro benzene ring substituents is 2. The van der Waals surface area contributed by atoms with Gasteiger partial charge in [0.15, 0.2) is 0 Å². The summed E-state index contributed by atoms with van der Waals surface area (Å²) in [5.74, 6) is -0.860. The highest BCUT2D eigenvalue weighted by molar-refractivity contribution is 6.34. The molecule has 2 aromatic rings. The second kappa shape index (κ2) is 7.87. The lowest BCUT2D eigenvalue weighted by Gasteiger charge is -2.06. The van der Waals surface area contributed by atoms with Gasteiger partial charge in [-0.3, -0.25) is 25.0 Å². The molecule has 1 amide bonds. The van der Waals surface area contributed by atoms with Crippen LogP contribution in [0.2, 0.25) is 5.02 Å². The molecule has 0 radical (unpaired) electrons. The molecule has 26 heavy (non-hydrogen) atoms. The molecule has 130 valence electrons. The molecule has 0 bridgehead atoms. The standard InChI is InChI=1S/C16H9ClN4O5/c17-14-5-4-13(21(25)26)8-15(14)19-16(22)11(9-18)6-10-2-1-3-12(7-10)20(23)24/h1-8H,(H,19,22)/b11-6+. The molecule has 10 heteroatoms. The summed E-state index contributed by atoms with van der Waals surface area (Å²) in [6, 6.07) is 10.5. The second-order valence-corrected chi connectivity index (χ2v) is 5.30. The molecule has 1 N–H and O–H groups in total. The third kappa shape index (κ3) is 4.40. The first-order chi connectivity index (χ1) is 12.3. The summed E-state index contributed by atoms with van der Waals surface area (Å²) in [5.41, 5.74) is -0.598. The number of nitro groups is 2. The highest BCUT2D eigenvalue weighted by atomic mass is 35.5. The van der Waals surface area contributed by atoms with Crippen LogP contribution >= 0.6 is 11.6 Å². The average Bonchev–Trinajstić information content (AvgIpc) is 2.61. The van der Waals surface area contributed by atoms with Crippen LogP contribution < -0.4 is 5.32 Å². The molecule has 0 atom stereocenters. The average molecular weight is 373 g/mol. The molecule has 0 saturated carbocycles. The summed E-state index contributed by atoms with van der Waals surface area (Å²) in [6.07, 6.45) is 1.16. The molecule has 0 heterocycles. The fourth-order valence-electron chi connectivity index (χ4n) is 1.96. The maximum absolute atomic E-state index is 12.2. The van der Waals surface area contributed by atoms with E-state index in [1.54, 1.807) is 6.07 Å². The number of amides is 1.